The van der Waals surface area contributed by atoms with Gasteiger partial charge in [-0.05, 0) is 55.7 Å². The number of hydrogen-bond donors (Lipinski definition) is 3. The van der Waals surface area contributed by atoms with E-state index in [1.807, 2.05) is 13.0 Å². The Morgan fingerprint density at radius 2 is 1.91 bits per heavy atom. The zero-order chi connectivity index (χ0) is 22.8. The van der Waals surface area contributed by atoms with Crippen molar-refractivity contribution in [3.63, 3.8) is 0 Å². The molecule has 1 aromatic carbocycles. The van der Waals surface area contributed by atoms with Crippen LogP contribution in [0.1, 0.15) is 28.9 Å². The number of amides is 3. The molecule has 0 bridgehead atoms. The molecule has 0 unspecified atom stereocenters. The lowest BCUT2D eigenvalue weighted by atomic mass is 10.2. The van der Waals surface area contributed by atoms with Crippen molar-refractivity contribution in [2.45, 2.75) is 25.8 Å². The molecule has 0 radical (unpaired) electrons. The summed E-state index contributed by atoms with van der Waals surface area (Å²) >= 11 is 0. The van der Waals surface area contributed by atoms with Crippen molar-refractivity contribution in [3.05, 3.63) is 78.4 Å². The molecule has 4 aromatic rings. The molecule has 0 atom stereocenters. The first-order chi connectivity index (χ1) is 16.0. The van der Waals surface area contributed by atoms with E-state index in [-0.39, 0.29) is 18.0 Å². The first kappa shape index (κ1) is 20.5. The van der Waals surface area contributed by atoms with Gasteiger partial charge in [0.25, 0.3) is 5.91 Å². The second-order valence-corrected chi connectivity index (χ2v) is 7.88. The van der Waals surface area contributed by atoms with Crippen LogP contribution in [0.3, 0.4) is 0 Å². The molecule has 5 rings (SSSR count). The van der Waals surface area contributed by atoms with Gasteiger partial charge in [-0.3, -0.25) is 15.1 Å². The van der Waals surface area contributed by atoms with E-state index in [2.05, 4.69) is 25.9 Å². The zero-order valence-corrected chi connectivity index (χ0v) is 17.9. The minimum Gasteiger partial charge on any atom is -0.456 e. The predicted molar refractivity (Wildman–Crippen MR) is 124 cm³/mol. The number of ether oxygens (including phenoxy) is 1. The summed E-state index contributed by atoms with van der Waals surface area (Å²) in [4.78, 5) is 33.0. The van der Waals surface area contributed by atoms with Crippen LogP contribution in [0.4, 0.5) is 16.3 Å². The fraction of sp³-hybridized carbons (Fsp3) is 0.167. The Labute approximate surface area is 189 Å². The number of urea groups is 1. The molecule has 0 saturated heterocycles. The van der Waals surface area contributed by atoms with E-state index in [4.69, 9.17) is 4.74 Å². The predicted octanol–water partition coefficient (Wildman–Crippen LogP) is 4.37. The largest absolute Gasteiger partial charge is 0.456 e. The molecule has 3 heterocycles. The van der Waals surface area contributed by atoms with Crippen LogP contribution in [-0.4, -0.2) is 32.3 Å². The van der Waals surface area contributed by atoms with E-state index < -0.39 is 0 Å². The lowest BCUT2D eigenvalue weighted by molar-refractivity contribution is 0.102. The van der Waals surface area contributed by atoms with Gasteiger partial charge in [0.15, 0.2) is 5.82 Å². The fourth-order valence-electron chi connectivity index (χ4n) is 3.34. The minimum atomic E-state index is -0.282. The van der Waals surface area contributed by atoms with Crippen molar-refractivity contribution in [2.75, 3.05) is 10.6 Å². The quantitative estimate of drug-likeness (QED) is 0.411. The first-order valence-electron chi connectivity index (χ1n) is 10.6. The Bertz CT molecular complexity index is 1350. The molecule has 33 heavy (non-hydrogen) atoms. The summed E-state index contributed by atoms with van der Waals surface area (Å²) in [5, 5.41) is 8.46. The molecule has 9 heteroatoms. The van der Waals surface area contributed by atoms with E-state index in [0.717, 1.165) is 18.4 Å². The maximum absolute atomic E-state index is 12.5. The molecule has 1 aliphatic rings. The molecule has 0 aliphatic heterocycles. The smallest absolute Gasteiger partial charge is 0.320 e. The first-order valence-corrected chi connectivity index (χ1v) is 10.6. The number of nitrogens with one attached hydrogen (secondary N) is 3. The Balaban J connectivity index is 1.27. The van der Waals surface area contributed by atoms with E-state index in [1.54, 1.807) is 65.5 Å². The van der Waals surface area contributed by atoms with Gasteiger partial charge < -0.3 is 19.8 Å². The summed E-state index contributed by atoms with van der Waals surface area (Å²) in [5.74, 6) is 1.32. The number of carbonyl (C=O) groups excluding carboxylic acids is 2. The Morgan fingerprint density at radius 3 is 2.73 bits per heavy atom. The highest BCUT2D eigenvalue weighted by atomic mass is 16.5. The number of aromatic nitrogens is 3. The highest BCUT2D eigenvalue weighted by molar-refractivity contribution is 6.03. The third kappa shape index (κ3) is 4.93. The van der Waals surface area contributed by atoms with Gasteiger partial charge in [0.2, 0.25) is 0 Å². The van der Waals surface area contributed by atoms with Crippen LogP contribution < -0.4 is 20.7 Å². The van der Waals surface area contributed by atoms with Gasteiger partial charge in [-0.15, -0.1) is 0 Å². The van der Waals surface area contributed by atoms with Crippen LogP contribution in [0.15, 0.2) is 67.1 Å². The fourth-order valence-corrected chi connectivity index (χ4v) is 3.34. The number of imidazole rings is 1. The summed E-state index contributed by atoms with van der Waals surface area (Å²) in [7, 11) is 0. The third-order valence-corrected chi connectivity index (χ3v) is 5.13. The van der Waals surface area contributed by atoms with Gasteiger partial charge in [-0.2, -0.15) is 0 Å². The number of fused-ring (bicyclic) bond motifs is 1. The van der Waals surface area contributed by atoms with Crippen LogP contribution >= 0.6 is 0 Å². The van der Waals surface area contributed by atoms with Crippen molar-refractivity contribution in [1.29, 1.82) is 0 Å². The number of aryl methyl sites for hydroxylation is 1. The Morgan fingerprint density at radius 1 is 1.03 bits per heavy atom. The standard InChI is InChI=1S/C24H22N6O3/c1-15-4-3-11-25-22(15)23(31)26-17-5-2-6-18(12-17)33-19-9-10-21-28-20(14-30(21)13-19)29-24(32)27-16-7-8-16/h2-6,9-14,16H,7-8H2,1H3,(H,26,31)(H2,27,29,32). The lowest BCUT2D eigenvalue weighted by Gasteiger charge is -2.10. The molecule has 1 saturated carbocycles. The van der Waals surface area contributed by atoms with E-state index in [0.29, 0.717) is 34.3 Å². The molecule has 3 aromatic heterocycles. The number of anilines is 2. The highest BCUT2D eigenvalue weighted by Gasteiger charge is 2.23. The summed E-state index contributed by atoms with van der Waals surface area (Å²) in [6.07, 6.45) is 7.13. The second-order valence-electron chi connectivity index (χ2n) is 7.88. The number of pyridine rings is 2. The number of nitrogens with zero attached hydrogens (tertiary/aromatic N) is 3. The maximum Gasteiger partial charge on any atom is 0.320 e. The molecule has 166 valence electrons. The van der Waals surface area contributed by atoms with Gasteiger partial charge in [-0.1, -0.05) is 12.1 Å². The Hall–Kier alpha value is -4.40. The number of rotatable bonds is 6. The van der Waals surface area contributed by atoms with Crippen molar-refractivity contribution < 1.29 is 14.3 Å². The van der Waals surface area contributed by atoms with Crippen LogP contribution in [0.5, 0.6) is 11.5 Å². The number of benzene rings is 1. The van der Waals surface area contributed by atoms with Gasteiger partial charge >= 0.3 is 6.03 Å². The van der Waals surface area contributed by atoms with Gasteiger partial charge in [0, 0.05) is 24.0 Å². The highest BCUT2D eigenvalue weighted by Crippen LogP contribution is 2.25. The van der Waals surface area contributed by atoms with Crippen molar-refractivity contribution in [1.82, 2.24) is 19.7 Å². The number of hydrogen-bond acceptors (Lipinski definition) is 5. The molecule has 9 nitrogen and oxygen atoms in total. The maximum atomic E-state index is 12.5. The molecule has 0 spiro atoms. The molecular formula is C24H22N6O3. The average Bonchev–Trinajstić information content (AvgIpc) is 3.51. The monoisotopic (exact) mass is 442 g/mol. The lowest BCUT2D eigenvalue weighted by Crippen LogP contribution is -2.30. The molecule has 1 fully saturated rings. The topological polar surface area (TPSA) is 110 Å². The molecule has 1 aliphatic carbocycles. The minimum absolute atomic E-state index is 0.253. The zero-order valence-electron chi connectivity index (χ0n) is 17.9. The van der Waals surface area contributed by atoms with Crippen LogP contribution in [0, 0.1) is 6.92 Å². The summed E-state index contributed by atoms with van der Waals surface area (Å²) < 4.78 is 7.75. The van der Waals surface area contributed by atoms with Gasteiger partial charge in [0.05, 0.1) is 12.4 Å². The average molecular weight is 442 g/mol. The van der Waals surface area contributed by atoms with Crippen LogP contribution in [0.2, 0.25) is 0 Å². The van der Waals surface area contributed by atoms with Crippen LogP contribution in [0.25, 0.3) is 5.65 Å². The number of carbonyl (C=O) groups is 2. The van der Waals surface area contributed by atoms with Crippen molar-refractivity contribution in [2.24, 2.45) is 0 Å². The summed E-state index contributed by atoms with van der Waals surface area (Å²) in [5.41, 5.74) is 2.45. The van der Waals surface area contributed by atoms with Gasteiger partial charge in [-0.25, -0.2) is 9.78 Å². The van der Waals surface area contributed by atoms with E-state index >= 15 is 0 Å². The van der Waals surface area contributed by atoms with E-state index in [1.165, 1.54) is 0 Å². The van der Waals surface area contributed by atoms with Crippen molar-refractivity contribution >= 4 is 29.1 Å². The molecule has 3 N–H and O–H groups in total. The SMILES string of the molecule is Cc1cccnc1C(=O)Nc1cccc(Oc2ccc3nc(NC(=O)NC4CC4)cn3c2)c1. The van der Waals surface area contributed by atoms with Gasteiger partial charge in [0.1, 0.15) is 22.8 Å². The van der Waals surface area contributed by atoms with E-state index in [9.17, 15) is 9.59 Å². The third-order valence-electron chi connectivity index (χ3n) is 5.13. The molecule has 3 amide bonds. The van der Waals surface area contributed by atoms with Crippen molar-refractivity contribution in [3.8, 4) is 11.5 Å². The normalized spacial score (nSPS) is 12.9. The Kier molecular flexibility index (Phi) is 5.35. The second kappa shape index (κ2) is 8.62. The molecular weight excluding hydrogens is 420 g/mol. The summed E-state index contributed by atoms with van der Waals surface area (Å²) in [6, 6.07) is 14.4. The van der Waals surface area contributed by atoms with Crippen LogP contribution in [-0.2, 0) is 0 Å². The summed E-state index contributed by atoms with van der Waals surface area (Å²) in [6.45, 7) is 1.84.